The van der Waals surface area contributed by atoms with Gasteiger partial charge in [-0.2, -0.15) is 0 Å². The molecule has 190 valence electrons. The zero-order valence-electron chi connectivity index (χ0n) is 22.4. The highest BCUT2D eigenvalue weighted by Crippen LogP contribution is 2.42. The summed E-state index contributed by atoms with van der Waals surface area (Å²) in [6, 6.07) is 31.5. The van der Waals surface area contributed by atoms with E-state index in [0.717, 1.165) is 65.9 Å². The van der Waals surface area contributed by atoms with Crippen LogP contribution in [0, 0.1) is 0 Å². The number of rotatable bonds is 2. The number of para-hydroxylation sites is 1. The number of hydrogen-bond acceptors (Lipinski definition) is 4. The molecule has 7 aromatic rings. The van der Waals surface area contributed by atoms with Crippen molar-refractivity contribution in [1.29, 1.82) is 0 Å². The van der Waals surface area contributed by atoms with Crippen molar-refractivity contribution in [3.05, 3.63) is 91.0 Å². The summed E-state index contributed by atoms with van der Waals surface area (Å²) in [5.74, 6) is 0. The summed E-state index contributed by atoms with van der Waals surface area (Å²) in [5.41, 5.74) is 5.67. The largest absolute Gasteiger partial charge is 0.495 e. The maximum Gasteiger partial charge on any atom is 0.495 e. The summed E-state index contributed by atoms with van der Waals surface area (Å²) in [7, 11) is -0.517. The van der Waals surface area contributed by atoms with Crippen LogP contribution in [0.4, 0.5) is 0 Å². The molecular formula is C34H27BO4. The van der Waals surface area contributed by atoms with Crippen LogP contribution in [0.25, 0.3) is 65.8 Å². The number of hydrogen-bond donors (Lipinski definition) is 0. The summed E-state index contributed by atoms with van der Waals surface area (Å²) in [4.78, 5) is 0. The molecule has 0 aliphatic carbocycles. The van der Waals surface area contributed by atoms with E-state index in [1.165, 1.54) is 5.39 Å². The highest BCUT2D eigenvalue weighted by Gasteiger charge is 2.52. The molecule has 5 heteroatoms. The molecule has 1 fully saturated rings. The molecule has 0 N–H and O–H groups in total. The molecule has 1 saturated heterocycles. The lowest BCUT2D eigenvalue weighted by Gasteiger charge is -2.32. The Morgan fingerprint density at radius 3 is 1.97 bits per heavy atom. The summed E-state index contributed by atoms with van der Waals surface area (Å²) >= 11 is 0. The first kappa shape index (κ1) is 22.9. The van der Waals surface area contributed by atoms with Crippen LogP contribution in [0.2, 0.25) is 0 Å². The molecule has 0 spiro atoms. The standard InChI is InChI=1S/C34H27BO4/c1-33(2)34(3,4)39-35(38-33)26-14-16-29-32(25-17-20-9-5-6-10-21(20)19-30(25)37-29)31(26)22-13-15-28-24(18-22)23-11-7-8-12-27(23)36-28/h5-19H,1-4H3. The molecule has 3 heterocycles. The summed E-state index contributed by atoms with van der Waals surface area (Å²) in [6.07, 6.45) is 0. The highest BCUT2D eigenvalue weighted by molar-refractivity contribution is 6.64. The molecule has 8 rings (SSSR count). The zero-order chi connectivity index (χ0) is 26.5. The van der Waals surface area contributed by atoms with E-state index in [2.05, 4.69) is 107 Å². The monoisotopic (exact) mass is 510 g/mol. The molecule has 5 aromatic carbocycles. The van der Waals surface area contributed by atoms with E-state index in [4.69, 9.17) is 18.1 Å². The Morgan fingerprint density at radius 2 is 1.18 bits per heavy atom. The number of fused-ring (bicyclic) bond motifs is 7. The first-order valence-corrected chi connectivity index (χ1v) is 13.4. The molecule has 0 bridgehead atoms. The van der Waals surface area contributed by atoms with E-state index in [9.17, 15) is 0 Å². The van der Waals surface area contributed by atoms with E-state index in [1.807, 2.05) is 12.1 Å². The van der Waals surface area contributed by atoms with Crippen LogP contribution in [0.1, 0.15) is 27.7 Å². The second-order valence-electron chi connectivity index (χ2n) is 11.6. The molecule has 0 atom stereocenters. The molecule has 0 amide bonds. The highest BCUT2D eigenvalue weighted by atomic mass is 16.7. The van der Waals surface area contributed by atoms with Crippen molar-refractivity contribution >= 4 is 67.2 Å². The molecule has 1 aliphatic rings. The molecule has 39 heavy (non-hydrogen) atoms. The Bertz CT molecular complexity index is 2080. The molecule has 0 radical (unpaired) electrons. The number of furan rings is 2. The minimum atomic E-state index is -0.517. The zero-order valence-corrected chi connectivity index (χ0v) is 22.4. The number of benzene rings is 5. The van der Waals surface area contributed by atoms with Gasteiger partial charge in [0.1, 0.15) is 22.3 Å². The molecular weight excluding hydrogens is 483 g/mol. The Morgan fingerprint density at radius 1 is 0.538 bits per heavy atom. The lowest BCUT2D eigenvalue weighted by molar-refractivity contribution is 0.00578. The normalized spacial score (nSPS) is 16.9. The van der Waals surface area contributed by atoms with Crippen molar-refractivity contribution in [2.24, 2.45) is 0 Å². The second-order valence-corrected chi connectivity index (χ2v) is 11.6. The summed E-state index contributed by atoms with van der Waals surface area (Å²) < 4.78 is 25.8. The lowest BCUT2D eigenvalue weighted by atomic mass is 9.73. The fourth-order valence-corrected chi connectivity index (χ4v) is 5.93. The van der Waals surface area contributed by atoms with Gasteiger partial charge in [0, 0.05) is 21.5 Å². The van der Waals surface area contributed by atoms with Crippen molar-refractivity contribution in [2.75, 3.05) is 0 Å². The van der Waals surface area contributed by atoms with Gasteiger partial charge in [-0.05, 0) is 91.5 Å². The first-order valence-electron chi connectivity index (χ1n) is 13.4. The van der Waals surface area contributed by atoms with Crippen LogP contribution < -0.4 is 5.46 Å². The van der Waals surface area contributed by atoms with Gasteiger partial charge in [0.05, 0.1) is 11.2 Å². The smallest absolute Gasteiger partial charge is 0.456 e. The average molecular weight is 510 g/mol. The third kappa shape index (κ3) is 3.27. The first-order chi connectivity index (χ1) is 18.8. The quantitative estimate of drug-likeness (QED) is 0.219. The summed E-state index contributed by atoms with van der Waals surface area (Å²) in [6.45, 7) is 8.37. The second kappa shape index (κ2) is 7.75. The Hall–Kier alpha value is -4.06. The van der Waals surface area contributed by atoms with E-state index in [0.29, 0.717) is 0 Å². The topological polar surface area (TPSA) is 44.7 Å². The molecule has 0 unspecified atom stereocenters. The maximum absolute atomic E-state index is 6.59. The van der Waals surface area contributed by atoms with E-state index in [-0.39, 0.29) is 0 Å². The van der Waals surface area contributed by atoms with Crippen LogP contribution in [-0.2, 0) is 9.31 Å². The van der Waals surface area contributed by atoms with Crippen molar-refractivity contribution in [3.8, 4) is 11.1 Å². The maximum atomic E-state index is 6.59. The van der Waals surface area contributed by atoms with Gasteiger partial charge >= 0.3 is 7.12 Å². The van der Waals surface area contributed by atoms with Gasteiger partial charge in [0.15, 0.2) is 0 Å². The third-order valence-electron chi connectivity index (χ3n) is 8.71. The Balaban J connectivity index is 1.47. The van der Waals surface area contributed by atoms with Crippen LogP contribution >= 0.6 is 0 Å². The molecule has 1 aliphatic heterocycles. The van der Waals surface area contributed by atoms with Crippen molar-refractivity contribution in [2.45, 2.75) is 38.9 Å². The van der Waals surface area contributed by atoms with E-state index in [1.54, 1.807) is 0 Å². The lowest BCUT2D eigenvalue weighted by Crippen LogP contribution is -2.41. The predicted octanol–water partition coefficient (Wildman–Crippen LogP) is 8.60. The minimum Gasteiger partial charge on any atom is -0.456 e. The predicted molar refractivity (Wildman–Crippen MR) is 160 cm³/mol. The fourth-order valence-electron chi connectivity index (χ4n) is 5.93. The van der Waals surface area contributed by atoms with Crippen molar-refractivity contribution < 1.29 is 18.1 Å². The van der Waals surface area contributed by atoms with Gasteiger partial charge in [0.2, 0.25) is 0 Å². The van der Waals surface area contributed by atoms with Crippen LogP contribution in [0.3, 0.4) is 0 Å². The molecule has 4 nitrogen and oxygen atoms in total. The van der Waals surface area contributed by atoms with Gasteiger partial charge in [0.25, 0.3) is 0 Å². The molecule has 2 aromatic heterocycles. The van der Waals surface area contributed by atoms with Gasteiger partial charge in [-0.1, -0.05) is 54.6 Å². The van der Waals surface area contributed by atoms with Gasteiger partial charge in [-0.3, -0.25) is 0 Å². The fraction of sp³-hybridized carbons (Fsp3) is 0.176. The van der Waals surface area contributed by atoms with Crippen molar-refractivity contribution in [1.82, 2.24) is 0 Å². The average Bonchev–Trinajstić information content (AvgIpc) is 3.54. The Labute approximate surface area is 226 Å². The van der Waals surface area contributed by atoms with Crippen LogP contribution in [0.5, 0.6) is 0 Å². The van der Waals surface area contributed by atoms with E-state index >= 15 is 0 Å². The van der Waals surface area contributed by atoms with Gasteiger partial charge in [-0.25, -0.2) is 0 Å². The van der Waals surface area contributed by atoms with Crippen LogP contribution in [-0.4, -0.2) is 18.3 Å². The van der Waals surface area contributed by atoms with Crippen LogP contribution in [0.15, 0.2) is 99.8 Å². The van der Waals surface area contributed by atoms with Gasteiger partial charge < -0.3 is 18.1 Å². The van der Waals surface area contributed by atoms with E-state index < -0.39 is 18.3 Å². The Kier molecular flexibility index (Phi) is 4.55. The SMILES string of the molecule is CC1(C)OB(c2ccc3oc4cc5ccccc5cc4c3c2-c2ccc3oc4ccccc4c3c2)OC1(C)C. The summed E-state index contributed by atoms with van der Waals surface area (Å²) in [5, 5.41) is 6.66. The third-order valence-corrected chi connectivity index (χ3v) is 8.71. The van der Waals surface area contributed by atoms with Crippen molar-refractivity contribution in [3.63, 3.8) is 0 Å². The molecule has 0 saturated carbocycles. The minimum absolute atomic E-state index is 0.455. The van der Waals surface area contributed by atoms with Gasteiger partial charge in [-0.15, -0.1) is 0 Å².